The van der Waals surface area contributed by atoms with Crippen LogP contribution in [-0.2, 0) is 0 Å². The van der Waals surface area contributed by atoms with Crippen LogP contribution in [0.4, 0.5) is 0 Å². The Balaban J connectivity index is 1.89. The van der Waals surface area contributed by atoms with Crippen LogP contribution in [0.25, 0.3) is 0 Å². The fraction of sp³-hybridized carbons (Fsp3) is 0.500. The van der Waals surface area contributed by atoms with Crippen LogP contribution in [0.15, 0.2) is 18.2 Å². The number of carbonyl (C=O) groups excluding carboxylic acids is 1. The van der Waals surface area contributed by atoms with Gasteiger partial charge in [0, 0.05) is 16.7 Å². The quantitative estimate of drug-likeness (QED) is 0.794. The molecule has 2 N–H and O–H groups in total. The number of halogens is 1. The highest BCUT2D eigenvalue weighted by Gasteiger charge is 2.22. The number of phenols is 1. The van der Waals surface area contributed by atoms with Gasteiger partial charge in [-0.25, -0.2) is 0 Å². The summed E-state index contributed by atoms with van der Waals surface area (Å²) in [5, 5.41) is 12.6. The minimum atomic E-state index is -0.189. The van der Waals surface area contributed by atoms with Crippen LogP contribution in [0.3, 0.4) is 0 Å². The number of benzene rings is 1. The highest BCUT2D eigenvalue weighted by Crippen LogP contribution is 2.20. The summed E-state index contributed by atoms with van der Waals surface area (Å²) in [4.78, 5) is 14.4. The van der Waals surface area contributed by atoms with Crippen molar-refractivity contribution in [3.05, 3.63) is 27.3 Å². The molecule has 1 amide bonds. The Kier molecular flexibility index (Phi) is 5.04. The van der Waals surface area contributed by atoms with Gasteiger partial charge in [-0.15, -0.1) is 0 Å². The summed E-state index contributed by atoms with van der Waals surface area (Å²) in [6.07, 6.45) is 1.13. The van der Waals surface area contributed by atoms with Gasteiger partial charge in [-0.1, -0.05) is 6.92 Å². The van der Waals surface area contributed by atoms with E-state index in [4.69, 9.17) is 0 Å². The first-order chi connectivity index (χ1) is 9.10. The average molecular weight is 374 g/mol. The van der Waals surface area contributed by atoms with E-state index in [0.717, 1.165) is 29.6 Å². The fourth-order valence-electron chi connectivity index (χ4n) is 2.39. The van der Waals surface area contributed by atoms with Gasteiger partial charge in [-0.2, -0.15) is 0 Å². The van der Waals surface area contributed by atoms with E-state index >= 15 is 0 Å². The number of hydrogen-bond acceptors (Lipinski definition) is 3. The summed E-state index contributed by atoms with van der Waals surface area (Å²) in [6, 6.07) is 5.05. The Morgan fingerprint density at radius 3 is 3.05 bits per heavy atom. The van der Waals surface area contributed by atoms with E-state index in [-0.39, 0.29) is 11.7 Å². The third kappa shape index (κ3) is 3.82. The maximum atomic E-state index is 12.0. The highest BCUT2D eigenvalue weighted by molar-refractivity contribution is 14.1. The number of hydrogen-bond donors (Lipinski definition) is 2. The molecule has 2 rings (SSSR count). The second kappa shape index (κ2) is 6.56. The van der Waals surface area contributed by atoms with Crippen molar-refractivity contribution in [2.75, 3.05) is 26.2 Å². The first-order valence-electron chi connectivity index (χ1n) is 6.59. The summed E-state index contributed by atoms with van der Waals surface area (Å²) >= 11 is 2.13. The number of nitrogens with zero attached hydrogens (tertiary/aromatic N) is 1. The van der Waals surface area contributed by atoms with E-state index in [1.54, 1.807) is 18.2 Å². The van der Waals surface area contributed by atoms with Gasteiger partial charge in [0.1, 0.15) is 5.75 Å². The number of amides is 1. The summed E-state index contributed by atoms with van der Waals surface area (Å²) < 4.78 is 0.943. The van der Waals surface area contributed by atoms with Crippen LogP contribution in [0, 0.1) is 9.49 Å². The van der Waals surface area contributed by atoms with Gasteiger partial charge in [0.2, 0.25) is 0 Å². The molecule has 19 heavy (non-hydrogen) atoms. The maximum Gasteiger partial charge on any atom is 0.255 e. The van der Waals surface area contributed by atoms with Gasteiger partial charge < -0.3 is 15.3 Å². The Bertz CT molecular complexity index is 465. The van der Waals surface area contributed by atoms with Crippen molar-refractivity contribution >= 4 is 28.5 Å². The van der Waals surface area contributed by atoms with Gasteiger partial charge in [0.25, 0.3) is 5.91 Å². The zero-order valence-electron chi connectivity index (χ0n) is 11.0. The molecule has 0 aliphatic carbocycles. The highest BCUT2D eigenvalue weighted by atomic mass is 127. The van der Waals surface area contributed by atoms with Gasteiger partial charge in [-0.3, -0.25) is 4.79 Å². The molecule has 1 aromatic carbocycles. The lowest BCUT2D eigenvalue weighted by atomic mass is 10.1. The molecule has 1 heterocycles. The summed E-state index contributed by atoms with van der Waals surface area (Å²) in [5.74, 6) is 0.374. The lowest BCUT2D eigenvalue weighted by Gasteiger charge is -2.14. The van der Waals surface area contributed by atoms with Crippen molar-refractivity contribution in [1.29, 1.82) is 0 Å². The lowest BCUT2D eigenvalue weighted by Crippen LogP contribution is -2.31. The molecular formula is C14H19IN2O2. The molecule has 4 nitrogen and oxygen atoms in total. The van der Waals surface area contributed by atoms with Crippen molar-refractivity contribution in [1.82, 2.24) is 10.2 Å². The molecule has 1 saturated heterocycles. The SMILES string of the molecule is CCN1CCC(CNC(=O)c2cc(I)ccc2O)C1. The maximum absolute atomic E-state index is 12.0. The second-order valence-electron chi connectivity index (χ2n) is 4.92. The minimum absolute atomic E-state index is 0.0412. The molecule has 1 atom stereocenters. The van der Waals surface area contributed by atoms with Gasteiger partial charge in [-0.05, 0) is 66.2 Å². The number of nitrogens with one attached hydrogen (secondary N) is 1. The van der Waals surface area contributed by atoms with Crippen LogP contribution in [0.2, 0.25) is 0 Å². The third-order valence-electron chi connectivity index (χ3n) is 3.57. The van der Waals surface area contributed by atoms with Crippen LogP contribution in [0.5, 0.6) is 5.75 Å². The topological polar surface area (TPSA) is 52.6 Å². The first-order valence-corrected chi connectivity index (χ1v) is 7.67. The Morgan fingerprint density at radius 2 is 2.37 bits per heavy atom. The van der Waals surface area contributed by atoms with E-state index in [9.17, 15) is 9.90 Å². The van der Waals surface area contributed by atoms with Crippen molar-refractivity contribution in [3.63, 3.8) is 0 Å². The monoisotopic (exact) mass is 374 g/mol. The molecule has 0 spiro atoms. The van der Waals surface area contributed by atoms with E-state index in [0.29, 0.717) is 18.0 Å². The number of likely N-dealkylation sites (tertiary alicyclic amines) is 1. The normalized spacial score (nSPS) is 19.6. The number of aromatic hydroxyl groups is 1. The zero-order valence-corrected chi connectivity index (χ0v) is 13.2. The van der Waals surface area contributed by atoms with Crippen molar-refractivity contribution in [3.8, 4) is 5.75 Å². The van der Waals surface area contributed by atoms with Crippen molar-refractivity contribution in [2.45, 2.75) is 13.3 Å². The lowest BCUT2D eigenvalue weighted by molar-refractivity contribution is 0.0944. The van der Waals surface area contributed by atoms with E-state index < -0.39 is 0 Å². The molecule has 1 fully saturated rings. The van der Waals surface area contributed by atoms with E-state index in [1.807, 2.05) is 0 Å². The largest absolute Gasteiger partial charge is 0.507 e. The second-order valence-corrected chi connectivity index (χ2v) is 6.17. The number of carbonyl (C=O) groups is 1. The molecule has 0 aromatic heterocycles. The first kappa shape index (κ1) is 14.6. The summed E-state index contributed by atoms with van der Waals surface area (Å²) in [5.41, 5.74) is 0.359. The Morgan fingerprint density at radius 1 is 1.58 bits per heavy atom. The molecule has 0 saturated carbocycles. The molecule has 0 bridgehead atoms. The molecule has 104 valence electrons. The van der Waals surface area contributed by atoms with Crippen LogP contribution < -0.4 is 5.32 Å². The Hall–Kier alpha value is -0.820. The number of phenolic OH excluding ortho intramolecular Hbond substituents is 1. The predicted molar refractivity (Wildman–Crippen MR) is 83.4 cm³/mol. The fourth-order valence-corrected chi connectivity index (χ4v) is 2.88. The predicted octanol–water partition coefficient (Wildman–Crippen LogP) is 2.07. The minimum Gasteiger partial charge on any atom is -0.507 e. The van der Waals surface area contributed by atoms with Crippen molar-refractivity contribution < 1.29 is 9.90 Å². The van der Waals surface area contributed by atoms with E-state index in [2.05, 4.69) is 39.7 Å². The summed E-state index contributed by atoms with van der Waals surface area (Å²) in [7, 11) is 0. The van der Waals surface area contributed by atoms with Crippen LogP contribution in [0.1, 0.15) is 23.7 Å². The summed E-state index contributed by atoms with van der Waals surface area (Å²) in [6.45, 7) is 6.08. The average Bonchev–Trinajstić information content (AvgIpc) is 2.87. The van der Waals surface area contributed by atoms with Gasteiger partial charge in [0.05, 0.1) is 5.56 Å². The van der Waals surface area contributed by atoms with Crippen LogP contribution >= 0.6 is 22.6 Å². The van der Waals surface area contributed by atoms with Crippen LogP contribution in [-0.4, -0.2) is 42.1 Å². The molecule has 1 aliphatic rings. The molecule has 1 aliphatic heterocycles. The zero-order chi connectivity index (χ0) is 13.8. The molecule has 5 heteroatoms. The van der Waals surface area contributed by atoms with Gasteiger partial charge >= 0.3 is 0 Å². The molecule has 1 aromatic rings. The smallest absolute Gasteiger partial charge is 0.255 e. The van der Waals surface area contributed by atoms with Gasteiger partial charge in [0.15, 0.2) is 0 Å². The molecule has 0 radical (unpaired) electrons. The molecular weight excluding hydrogens is 355 g/mol. The number of rotatable bonds is 4. The van der Waals surface area contributed by atoms with E-state index in [1.165, 1.54) is 0 Å². The Labute approximate surface area is 127 Å². The molecule has 1 unspecified atom stereocenters. The van der Waals surface area contributed by atoms with Crippen molar-refractivity contribution in [2.24, 2.45) is 5.92 Å². The third-order valence-corrected chi connectivity index (χ3v) is 4.24. The standard InChI is InChI=1S/C14H19IN2O2/c1-2-17-6-5-10(9-17)8-16-14(19)12-7-11(15)3-4-13(12)18/h3-4,7,10,18H,2,5-6,8-9H2,1H3,(H,16,19).